The molecular formula is C13H21N3O2. The Balaban J connectivity index is 1.96. The van der Waals surface area contributed by atoms with E-state index in [4.69, 9.17) is 10.5 Å². The summed E-state index contributed by atoms with van der Waals surface area (Å²) in [6.45, 7) is 5.94. The highest BCUT2D eigenvalue weighted by atomic mass is 16.6. The van der Waals surface area contributed by atoms with Gasteiger partial charge in [0.15, 0.2) is 0 Å². The van der Waals surface area contributed by atoms with Crippen LogP contribution < -0.4 is 5.73 Å². The van der Waals surface area contributed by atoms with Gasteiger partial charge in [0.2, 0.25) is 0 Å². The summed E-state index contributed by atoms with van der Waals surface area (Å²) in [4.78, 5) is 16.1. The Morgan fingerprint density at radius 3 is 2.83 bits per heavy atom. The number of rotatable bonds is 4. The third-order valence-electron chi connectivity index (χ3n) is 2.79. The molecule has 0 radical (unpaired) electrons. The molecule has 5 heteroatoms. The molecule has 0 amide bonds. The van der Waals surface area contributed by atoms with E-state index in [9.17, 15) is 4.79 Å². The van der Waals surface area contributed by atoms with Gasteiger partial charge in [-0.05, 0) is 33.6 Å². The van der Waals surface area contributed by atoms with Gasteiger partial charge in [-0.15, -0.1) is 0 Å². The third-order valence-corrected chi connectivity index (χ3v) is 2.79. The van der Waals surface area contributed by atoms with Crippen molar-refractivity contribution in [3.8, 4) is 0 Å². The van der Waals surface area contributed by atoms with Crippen molar-refractivity contribution in [2.24, 2.45) is 5.73 Å². The quantitative estimate of drug-likeness (QED) is 0.822. The normalized spacial score (nSPS) is 17.6. The fourth-order valence-electron chi connectivity index (χ4n) is 1.84. The van der Waals surface area contributed by atoms with Crippen molar-refractivity contribution >= 4 is 5.97 Å². The van der Waals surface area contributed by atoms with Crippen LogP contribution >= 0.6 is 0 Å². The first kappa shape index (κ1) is 13.1. The Labute approximate surface area is 107 Å². The summed E-state index contributed by atoms with van der Waals surface area (Å²) in [5.74, 6) is 1.22. The fraction of sp³-hybridized carbons (Fsp3) is 0.692. The zero-order chi connectivity index (χ0) is 13.3. The highest BCUT2D eigenvalue weighted by Gasteiger charge is 2.29. The van der Waals surface area contributed by atoms with Crippen LogP contribution in [0.4, 0.5) is 0 Å². The van der Waals surface area contributed by atoms with Crippen LogP contribution in [-0.2, 0) is 16.1 Å². The first-order valence-electron chi connectivity index (χ1n) is 6.36. The first-order valence-corrected chi connectivity index (χ1v) is 6.36. The van der Waals surface area contributed by atoms with E-state index in [0.29, 0.717) is 12.5 Å². The van der Waals surface area contributed by atoms with Crippen molar-refractivity contribution in [2.45, 2.75) is 57.7 Å². The molecule has 1 heterocycles. The van der Waals surface area contributed by atoms with Crippen LogP contribution in [0.2, 0.25) is 0 Å². The summed E-state index contributed by atoms with van der Waals surface area (Å²) < 4.78 is 7.23. The maximum atomic E-state index is 11.8. The van der Waals surface area contributed by atoms with E-state index in [-0.39, 0.29) is 5.97 Å². The molecule has 18 heavy (non-hydrogen) atoms. The highest BCUT2D eigenvalue weighted by molar-refractivity contribution is 5.75. The maximum absolute atomic E-state index is 11.8. The predicted octanol–water partition coefficient (Wildman–Crippen LogP) is 1.43. The van der Waals surface area contributed by atoms with Crippen LogP contribution in [0.15, 0.2) is 12.4 Å². The Morgan fingerprint density at radius 1 is 1.61 bits per heavy atom. The van der Waals surface area contributed by atoms with E-state index in [1.807, 2.05) is 31.5 Å². The number of ether oxygens (including phenoxy) is 1. The molecule has 0 saturated heterocycles. The minimum Gasteiger partial charge on any atom is -0.459 e. The van der Waals surface area contributed by atoms with Crippen molar-refractivity contribution in [1.29, 1.82) is 0 Å². The zero-order valence-electron chi connectivity index (χ0n) is 11.2. The maximum Gasteiger partial charge on any atom is 0.325 e. The van der Waals surface area contributed by atoms with E-state index in [1.54, 1.807) is 6.20 Å². The van der Waals surface area contributed by atoms with Crippen molar-refractivity contribution in [2.75, 3.05) is 0 Å². The highest BCUT2D eigenvalue weighted by Crippen LogP contribution is 2.38. The number of hydrogen-bond donors (Lipinski definition) is 1. The molecule has 1 unspecified atom stereocenters. The number of carbonyl (C=O) groups is 1. The van der Waals surface area contributed by atoms with E-state index in [0.717, 1.165) is 5.82 Å². The minimum atomic E-state index is -0.643. The molecule has 1 aliphatic rings. The summed E-state index contributed by atoms with van der Waals surface area (Å²) in [5, 5.41) is 0. The molecule has 0 spiro atoms. The molecule has 1 saturated carbocycles. The van der Waals surface area contributed by atoms with Crippen molar-refractivity contribution in [3.05, 3.63) is 18.2 Å². The summed E-state index contributed by atoms with van der Waals surface area (Å²) in [6, 6.07) is -0.643. The molecule has 1 aromatic heterocycles. The standard InChI is InChI=1S/C13H21N3O2/c1-13(2,3)18-12(17)10(14)8-16-7-6-15-11(16)9-4-5-9/h6-7,9-10H,4-5,8,14H2,1-3H3. The van der Waals surface area contributed by atoms with Crippen LogP contribution in [0.25, 0.3) is 0 Å². The second kappa shape index (κ2) is 4.72. The second-order valence-electron chi connectivity index (χ2n) is 5.85. The molecule has 1 aromatic rings. The molecule has 100 valence electrons. The molecule has 1 aliphatic carbocycles. The Morgan fingerprint density at radius 2 is 2.28 bits per heavy atom. The summed E-state index contributed by atoms with van der Waals surface area (Å²) in [7, 11) is 0. The monoisotopic (exact) mass is 251 g/mol. The van der Waals surface area contributed by atoms with Gasteiger partial charge in [0.25, 0.3) is 0 Å². The molecule has 2 N–H and O–H groups in total. The lowest BCUT2D eigenvalue weighted by Gasteiger charge is -2.22. The van der Waals surface area contributed by atoms with Crippen molar-refractivity contribution in [1.82, 2.24) is 9.55 Å². The first-order chi connectivity index (χ1) is 8.37. The summed E-state index contributed by atoms with van der Waals surface area (Å²) in [5.41, 5.74) is 5.38. The molecule has 5 nitrogen and oxygen atoms in total. The van der Waals surface area contributed by atoms with E-state index in [2.05, 4.69) is 4.98 Å². The number of nitrogens with two attached hydrogens (primary N) is 1. The van der Waals surface area contributed by atoms with Gasteiger partial charge in [-0.1, -0.05) is 0 Å². The number of aromatic nitrogens is 2. The van der Waals surface area contributed by atoms with Gasteiger partial charge in [0, 0.05) is 24.9 Å². The van der Waals surface area contributed by atoms with Gasteiger partial charge in [-0.3, -0.25) is 4.79 Å². The fourth-order valence-corrected chi connectivity index (χ4v) is 1.84. The zero-order valence-corrected chi connectivity index (χ0v) is 11.2. The molecule has 0 bridgehead atoms. The Bertz CT molecular complexity index is 430. The van der Waals surface area contributed by atoms with E-state index >= 15 is 0 Å². The Kier molecular flexibility index (Phi) is 3.43. The molecule has 0 aliphatic heterocycles. The number of nitrogens with zero attached hydrogens (tertiary/aromatic N) is 2. The number of esters is 1. The van der Waals surface area contributed by atoms with Gasteiger partial charge >= 0.3 is 5.97 Å². The number of hydrogen-bond acceptors (Lipinski definition) is 4. The van der Waals surface area contributed by atoms with Crippen molar-refractivity contribution < 1.29 is 9.53 Å². The minimum absolute atomic E-state index is 0.363. The van der Waals surface area contributed by atoms with E-state index in [1.165, 1.54) is 12.8 Å². The van der Waals surface area contributed by atoms with Gasteiger partial charge in [0.05, 0.1) is 0 Å². The largest absolute Gasteiger partial charge is 0.459 e. The second-order valence-corrected chi connectivity index (χ2v) is 5.85. The van der Waals surface area contributed by atoms with Gasteiger partial charge < -0.3 is 15.0 Å². The van der Waals surface area contributed by atoms with E-state index < -0.39 is 11.6 Å². The number of imidazole rings is 1. The molecule has 0 aromatic carbocycles. The third kappa shape index (κ3) is 3.32. The lowest BCUT2D eigenvalue weighted by atomic mass is 10.2. The van der Waals surface area contributed by atoms with Crippen LogP contribution in [0.3, 0.4) is 0 Å². The van der Waals surface area contributed by atoms with Crippen LogP contribution in [-0.4, -0.2) is 27.2 Å². The summed E-state index contributed by atoms with van der Waals surface area (Å²) in [6.07, 6.45) is 5.99. The van der Waals surface area contributed by atoms with Gasteiger partial charge in [0.1, 0.15) is 17.5 Å². The number of carbonyl (C=O) groups excluding carboxylic acids is 1. The Hall–Kier alpha value is -1.36. The topological polar surface area (TPSA) is 70.1 Å². The van der Waals surface area contributed by atoms with Crippen LogP contribution in [0.5, 0.6) is 0 Å². The average molecular weight is 251 g/mol. The molecule has 2 rings (SSSR count). The van der Waals surface area contributed by atoms with Crippen LogP contribution in [0, 0.1) is 0 Å². The predicted molar refractivity (Wildman–Crippen MR) is 68.0 cm³/mol. The lowest BCUT2D eigenvalue weighted by Crippen LogP contribution is -2.40. The molecule has 1 atom stereocenters. The molecular weight excluding hydrogens is 230 g/mol. The lowest BCUT2D eigenvalue weighted by molar-refractivity contribution is -0.156. The summed E-state index contributed by atoms with van der Waals surface area (Å²) >= 11 is 0. The molecule has 1 fully saturated rings. The van der Waals surface area contributed by atoms with Crippen molar-refractivity contribution in [3.63, 3.8) is 0 Å². The average Bonchev–Trinajstić information content (AvgIpc) is 2.97. The van der Waals surface area contributed by atoms with Gasteiger partial charge in [-0.2, -0.15) is 0 Å². The smallest absolute Gasteiger partial charge is 0.325 e. The van der Waals surface area contributed by atoms with Gasteiger partial charge in [-0.25, -0.2) is 4.98 Å². The SMILES string of the molecule is CC(C)(C)OC(=O)C(N)Cn1ccnc1C1CC1. The van der Waals surface area contributed by atoms with Crippen LogP contribution in [0.1, 0.15) is 45.4 Å².